The topological polar surface area (TPSA) is 32.3 Å². The van der Waals surface area contributed by atoms with Gasteiger partial charge < -0.3 is 10.2 Å². The number of aryl methyl sites for hydroxylation is 1. The summed E-state index contributed by atoms with van der Waals surface area (Å²) in [5.41, 5.74) is 1.09. The predicted octanol–water partition coefficient (Wildman–Crippen LogP) is 2.98. The average Bonchev–Trinajstić information content (AvgIpc) is 2.47. The molecule has 2 rings (SSSR count). The fourth-order valence-corrected chi connectivity index (χ4v) is 2.83. The second kappa shape index (κ2) is 7.03. The molecule has 1 aliphatic heterocycles. The fourth-order valence-electron chi connectivity index (χ4n) is 2.83. The predicted molar refractivity (Wildman–Crippen MR) is 82.9 cm³/mol. The van der Waals surface area contributed by atoms with Crippen LogP contribution < -0.4 is 5.32 Å². The number of amides is 1. The van der Waals surface area contributed by atoms with Gasteiger partial charge in [-0.3, -0.25) is 4.79 Å². The van der Waals surface area contributed by atoms with Crippen molar-refractivity contribution in [1.82, 2.24) is 10.2 Å². The number of piperidine rings is 1. The van der Waals surface area contributed by atoms with Gasteiger partial charge in [0.1, 0.15) is 5.82 Å². The smallest absolute Gasteiger partial charge is 0.254 e. The van der Waals surface area contributed by atoms with Crippen LogP contribution in [0.1, 0.15) is 42.6 Å². The van der Waals surface area contributed by atoms with E-state index in [1.165, 1.54) is 12.5 Å². The molecule has 3 nitrogen and oxygen atoms in total. The van der Waals surface area contributed by atoms with Crippen LogP contribution >= 0.6 is 0 Å². The van der Waals surface area contributed by atoms with Crippen LogP contribution in [-0.4, -0.2) is 36.5 Å². The molecule has 21 heavy (non-hydrogen) atoms. The van der Waals surface area contributed by atoms with Crippen molar-refractivity contribution in [3.8, 4) is 0 Å². The van der Waals surface area contributed by atoms with Crippen molar-refractivity contribution in [2.45, 2.75) is 39.7 Å². The third-order valence-corrected chi connectivity index (χ3v) is 4.14. The summed E-state index contributed by atoms with van der Waals surface area (Å²) in [7, 11) is 0. The number of carbonyl (C=O) groups is 1. The molecule has 1 fully saturated rings. The lowest BCUT2D eigenvalue weighted by molar-refractivity contribution is 0.0660. The normalized spacial score (nSPS) is 18.8. The van der Waals surface area contributed by atoms with Crippen molar-refractivity contribution >= 4 is 5.91 Å². The molecule has 1 aromatic carbocycles. The highest BCUT2D eigenvalue weighted by Crippen LogP contribution is 2.17. The molecule has 0 bridgehead atoms. The van der Waals surface area contributed by atoms with E-state index in [4.69, 9.17) is 0 Å². The fraction of sp³-hybridized carbons (Fsp3) is 0.588. The molecule has 0 radical (unpaired) electrons. The summed E-state index contributed by atoms with van der Waals surface area (Å²) in [6, 6.07) is 4.75. The largest absolute Gasteiger partial charge is 0.336 e. The third kappa shape index (κ3) is 4.03. The van der Waals surface area contributed by atoms with Crippen LogP contribution in [0.5, 0.6) is 0 Å². The van der Waals surface area contributed by atoms with E-state index in [1.807, 2.05) is 18.7 Å². The lowest BCUT2D eigenvalue weighted by Gasteiger charge is -2.33. The van der Waals surface area contributed by atoms with Gasteiger partial charge in [0.2, 0.25) is 0 Å². The van der Waals surface area contributed by atoms with E-state index in [2.05, 4.69) is 5.32 Å². The Morgan fingerprint density at radius 1 is 1.48 bits per heavy atom. The highest BCUT2D eigenvalue weighted by Gasteiger charge is 2.24. The van der Waals surface area contributed by atoms with Gasteiger partial charge in [-0.2, -0.15) is 0 Å². The van der Waals surface area contributed by atoms with Gasteiger partial charge in [-0.15, -0.1) is 0 Å². The van der Waals surface area contributed by atoms with E-state index < -0.39 is 0 Å². The minimum Gasteiger partial charge on any atom is -0.336 e. The van der Waals surface area contributed by atoms with E-state index in [-0.39, 0.29) is 17.8 Å². The summed E-state index contributed by atoms with van der Waals surface area (Å²) in [6.45, 7) is 8.56. The van der Waals surface area contributed by atoms with E-state index in [9.17, 15) is 9.18 Å². The zero-order valence-electron chi connectivity index (χ0n) is 13.2. The second-order valence-corrected chi connectivity index (χ2v) is 6.23. The standard InChI is InChI=1S/C17H25FN2O/c1-12(2)20(11-14-5-4-8-19-10-14)17(21)15-6-7-16(18)13(3)9-15/h6-7,9,12,14,19H,4-5,8,10-11H2,1-3H3. The van der Waals surface area contributed by atoms with Gasteiger partial charge in [0.15, 0.2) is 0 Å². The molecule has 1 aliphatic rings. The molecule has 1 saturated heterocycles. The number of hydrogen-bond donors (Lipinski definition) is 1. The van der Waals surface area contributed by atoms with E-state index in [1.54, 1.807) is 19.1 Å². The van der Waals surface area contributed by atoms with Crippen LogP contribution in [0.2, 0.25) is 0 Å². The van der Waals surface area contributed by atoms with Crippen LogP contribution in [0.15, 0.2) is 18.2 Å². The first-order chi connectivity index (χ1) is 9.99. The molecule has 4 heteroatoms. The van der Waals surface area contributed by atoms with Crippen molar-refractivity contribution in [2.75, 3.05) is 19.6 Å². The maximum Gasteiger partial charge on any atom is 0.254 e. The second-order valence-electron chi connectivity index (χ2n) is 6.23. The SMILES string of the molecule is Cc1cc(C(=O)N(CC2CCCNC2)C(C)C)ccc1F. The number of nitrogens with one attached hydrogen (secondary N) is 1. The Labute approximate surface area is 126 Å². The summed E-state index contributed by atoms with van der Waals surface area (Å²) < 4.78 is 13.4. The van der Waals surface area contributed by atoms with Crippen LogP contribution in [0.4, 0.5) is 4.39 Å². The monoisotopic (exact) mass is 292 g/mol. The Morgan fingerprint density at radius 3 is 2.81 bits per heavy atom. The highest BCUT2D eigenvalue weighted by atomic mass is 19.1. The molecular weight excluding hydrogens is 267 g/mol. The van der Waals surface area contributed by atoms with E-state index in [0.717, 1.165) is 26.1 Å². The number of rotatable bonds is 4. The Hall–Kier alpha value is -1.42. The van der Waals surface area contributed by atoms with Crippen molar-refractivity contribution in [3.05, 3.63) is 35.1 Å². The van der Waals surface area contributed by atoms with Crippen molar-refractivity contribution in [1.29, 1.82) is 0 Å². The van der Waals surface area contributed by atoms with Crippen molar-refractivity contribution in [2.24, 2.45) is 5.92 Å². The summed E-state index contributed by atoms with van der Waals surface area (Å²) in [5.74, 6) is 0.240. The number of carbonyl (C=O) groups excluding carboxylic acids is 1. The Balaban J connectivity index is 2.12. The lowest BCUT2D eigenvalue weighted by atomic mass is 9.98. The molecule has 0 aliphatic carbocycles. The lowest BCUT2D eigenvalue weighted by Crippen LogP contribution is -2.44. The maximum absolute atomic E-state index is 13.4. The molecule has 1 amide bonds. The third-order valence-electron chi connectivity index (χ3n) is 4.14. The first kappa shape index (κ1) is 16.0. The van der Waals surface area contributed by atoms with Gasteiger partial charge in [-0.1, -0.05) is 0 Å². The summed E-state index contributed by atoms with van der Waals surface area (Å²) in [4.78, 5) is 14.6. The van der Waals surface area contributed by atoms with E-state index in [0.29, 0.717) is 17.0 Å². The van der Waals surface area contributed by atoms with Gasteiger partial charge >= 0.3 is 0 Å². The van der Waals surface area contributed by atoms with Gasteiger partial charge in [0.25, 0.3) is 5.91 Å². The Morgan fingerprint density at radius 2 is 2.24 bits per heavy atom. The van der Waals surface area contributed by atoms with Crippen LogP contribution in [0, 0.1) is 18.7 Å². The van der Waals surface area contributed by atoms with Crippen LogP contribution in [0.3, 0.4) is 0 Å². The minimum absolute atomic E-state index is 0.00123. The number of halogens is 1. The number of benzene rings is 1. The Kier molecular flexibility index (Phi) is 5.34. The highest BCUT2D eigenvalue weighted by molar-refractivity contribution is 5.94. The maximum atomic E-state index is 13.4. The molecule has 0 saturated carbocycles. The molecule has 1 aromatic rings. The first-order valence-corrected chi connectivity index (χ1v) is 7.77. The van der Waals surface area contributed by atoms with Crippen LogP contribution in [0.25, 0.3) is 0 Å². The molecular formula is C17H25FN2O. The zero-order valence-corrected chi connectivity index (χ0v) is 13.2. The van der Waals surface area contributed by atoms with Gasteiger partial charge in [-0.25, -0.2) is 4.39 Å². The summed E-state index contributed by atoms with van der Waals surface area (Å²) >= 11 is 0. The Bertz CT molecular complexity index is 496. The van der Waals surface area contributed by atoms with E-state index >= 15 is 0 Å². The summed E-state index contributed by atoms with van der Waals surface area (Å²) in [6.07, 6.45) is 2.33. The van der Waals surface area contributed by atoms with Gasteiger partial charge in [0.05, 0.1) is 0 Å². The van der Waals surface area contributed by atoms with Gasteiger partial charge in [-0.05, 0) is 76.4 Å². The molecule has 1 unspecified atom stereocenters. The molecule has 0 aromatic heterocycles. The summed E-state index contributed by atoms with van der Waals surface area (Å²) in [5, 5.41) is 3.39. The van der Waals surface area contributed by atoms with Crippen LogP contribution in [-0.2, 0) is 0 Å². The number of nitrogens with zero attached hydrogens (tertiary/aromatic N) is 1. The zero-order chi connectivity index (χ0) is 15.4. The molecule has 1 N–H and O–H groups in total. The molecule has 1 heterocycles. The van der Waals surface area contributed by atoms with Crippen molar-refractivity contribution in [3.63, 3.8) is 0 Å². The first-order valence-electron chi connectivity index (χ1n) is 7.77. The van der Waals surface area contributed by atoms with Gasteiger partial charge in [0, 0.05) is 18.2 Å². The average molecular weight is 292 g/mol. The van der Waals surface area contributed by atoms with Crippen molar-refractivity contribution < 1.29 is 9.18 Å². The molecule has 1 atom stereocenters. The minimum atomic E-state index is -0.265. The number of hydrogen-bond acceptors (Lipinski definition) is 2. The molecule has 0 spiro atoms. The molecule has 116 valence electrons. The quantitative estimate of drug-likeness (QED) is 0.925.